The molecule has 3 aromatic carbocycles. The number of rotatable bonds is 4. The van der Waals surface area contributed by atoms with E-state index < -0.39 is 17.7 Å². The second kappa shape index (κ2) is 8.26. The molecule has 1 fully saturated rings. The molecule has 172 valence electrons. The van der Waals surface area contributed by atoms with Gasteiger partial charge in [0.05, 0.1) is 24.4 Å². The topological polar surface area (TPSA) is 96.3 Å². The Morgan fingerprint density at radius 2 is 1.79 bits per heavy atom. The number of fused-ring (bicyclic) bond motifs is 1. The van der Waals surface area contributed by atoms with Crippen LogP contribution in [0.2, 0.25) is 0 Å². The number of amides is 1. The molecule has 2 aliphatic heterocycles. The number of para-hydroxylation sites is 2. The Bertz CT molecular complexity index is 1330. The first-order valence-corrected chi connectivity index (χ1v) is 10.9. The van der Waals surface area contributed by atoms with Gasteiger partial charge in [0.2, 0.25) is 0 Å². The molecule has 0 bridgehead atoms. The van der Waals surface area contributed by atoms with Crippen LogP contribution in [0.3, 0.4) is 0 Å². The van der Waals surface area contributed by atoms with Crippen LogP contribution in [0.15, 0.2) is 72.3 Å². The molecular weight excluding hydrogens is 434 g/mol. The Hall–Kier alpha value is -4.26. The third-order valence-corrected chi connectivity index (χ3v) is 6.19. The Morgan fingerprint density at radius 1 is 1.06 bits per heavy atom. The molecule has 2 heterocycles. The fourth-order valence-corrected chi connectivity index (χ4v) is 4.58. The number of benzene rings is 3. The van der Waals surface area contributed by atoms with Gasteiger partial charge in [0.15, 0.2) is 0 Å². The van der Waals surface area contributed by atoms with Gasteiger partial charge in [0.25, 0.3) is 11.7 Å². The van der Waals surface area contributed by atoms with Gasteiger partial charge in [0, 0.05) is 12.0 Å². The van der Waals surface area contributed by atoms with Crippen molar-refractivity contribution < 1.29 is 29.3 Å². The van der Waals surface area contributed by atoms with Gasteiger partial charge in [-0.25, -0.2) is 0 Å². The van der Waals surface area contributed by atoms with Crippen molar-refractivity contribution in [3.05, 3.63) is 89.0 Å². The zero-order valence-corrected chi connectivity index (χ0v) is 18.7. The Morgan fingerprint density at radius 3 is 2.50 bits per heavy atom. The predicted octanol–water partition coefficient (Wildman–Crippen LogP) is 4.35. The lowest BCUT2D eigenvalue weighted by molar-refractivity contribution is -0.132. The summed E-state index contributed by atoms with van der Waals surface area (Å²) in [6.45, 7) is 1.96. The van der Waals surface area contributed by atoms with Crippen LogP contribution in [0.5, 0.6) is 17.2 Å². The summed E-state index contributed by atoms with van der Waals surface area (Å²) in [5, 5.41) is 21.8. The van der Waals surface area contributed by atoms with E-state index in [1.54, 1.807) is 67.8 Å². The molecule has 34 heavy (non-hydrogen) atoms. The number of Topliss-reactive ketones (excluding diaryl/α,β-unsaturated/α-hetero) is 1. The van der Waals surface area contributed by atoms with Crippen molar-refractivity contribution in [1.29, 1.82) is 0 Å². The maximum Gasteiger partial charge on any atom is 0.300 e. The maximum atomic E-state index is 13.3. The first-order valence-electron chi connectivity index (χ1n) is 10.9. The second-order valence-electron chi connectivity index (χ2n) is 8.39. The lowest BCUT2D eigenvalue weighted by Crippen LogP contribution is -2.29. The van der Waals surface area contributed by atoms with Crippen molar-refractivity contribution in [3.8, 4) is 17.2 Å². The maximum absolute atomic E-state index is 13.3. The third-order valence-electron chi connectivity index (χ3n) is 6.19. The molecule has 3 aromatic rings. The molecule has 0 saturated carbocycles. The zero-order valence-electron chi connectivity index (χ0n) is 18.7. The van der Waals surface area contributed by atoms with E-state index in [1.807, 2.05) is 6.92 Å². The standard InChI is InChI=1S/C27H23NO6/c1-15-13-18-14-17(9-12-22(18)34-15)25(30)23-24(16-7-10-19(33-2)11-8-16)28(27(32)26(23)31)20-5-3-4-6-21(20)29/h3-12,14-15,24,29-30H,13H2,1-2H3/b25-23-. The molecule has 1 amide bonds. The minimum absolute atomic E-state index is 0.0262. The second-order valence-corrected chi connectivity index (χ2v) is 8.39. The molecule has 0 radical (unpaired) electrons. The molecule has 7 heteroatoms. The molecule has 1 saturated heterocycles. The normalized spacial score (nSPS) is 20.8. The quantitative estimate of drug-likeness (QED) is 0.344. The Kier molecular flexibility index (Phi) is 5.24. The lowest BCUT2D eigenvalue weighted by atomic mass is 9.94. The van der Waals surface area contributed by atoms with Crippen molar-refractivity contribution in [2.75, 3.05) is 12.0 Å². The molecule has 0 spiro atoms. The number of aromatic hydroxyl groups is 1. The Labute approximate surface area is 196 Å². The number of methoxy groups -OCH3 is 1. The molecule has 2 N–H and O–H groups in total. The average molecular weight is 457 g/mol. The van der Waals surface area contributed by atoms with Gasteiger partial charge in [-0.3, -0.25) is 14.5 Å². The summed E-state index contributed by atoms with van der Waals surface area (Å²) in [5.74, 6) is -0.735. The highest BCUT2D eigenvalue weighted by atomic mass is 16.5. The van der Waals surface area contributed by atoms with Gasteiger partial charge < -0.3 is 19.7 Å². The largest absolute Gasteiger partial charge is 0.507 e. The van der Waals surface area contributed by atoms with Gasteiger partial charge in [0.1, 0.15) is 29.1 Å². The number of phenolic OH excluding ortho intramolecular Hbond substituents is 1. The number of phenols is 1. The van der Waals surface area contributed by atoms with Crippen LogP contribution < -0.4 is 14.4 Å². The summed E-state index contributed by atoms with van der Waals surface area (Å²) in [6.07, 6.45) is 0.711. The first-order chi connectivity index (χ1) is 16.4. The van der Waals surface area contributed by atoms with E-state index in [0.717, 1.165) is 11.3 Å². The molecule has 2 atom stereocenters. The van der Waals surface area contributed by atoms with Crippen LogP contribution in [0.25, 0.3) is 5.76 Å². The van der Waals surface area contributed by atoms with Crippen LogP contribution in [0.4, 0.5) is 5.69 Å². The van der Waals surface area contributed by atoms with Crippen LogP contribution in [-0.2, 0) is 16.0 Å². The summed E-state index contributed by atoms with van der Waals surface area (Å²) < 4.78 is 11.0. The number of ether oxygens (including phenoxy) is 2. The molecule has 0 aliphatic carbocycles. The molecule has 0 aromatic heterocycles. The highest BCUT2D eigenvalue weighted by Gasteiger charge is 2.47. The summed E-state index contributed by atoms with van der Waals surface area (Å²) >= 11 is 0. The number of hydrogen-bond acceptors (Lipinski definition) is 6. The summed E-state index contributed by atoms with van der Waals surface area (Å²) in [4.78, 5) is 27.7. The van der Waals surface area contributed by atoms with Crippen molar-refractivity contribution in [1.82, 2.24) is 0 Å². The summed E-state index contributed by atoms with van der Waals surface area (Å²) in [5.41, 5.74) is 2.06. The fraction of sp³-hybridized carbons (Fsp3) is 0.185. The van der Waals surface area contributed by atoms with Crippen LogP contribution >= 0.6 is 0 Å². The molecule has 2 unspecified atom stereocenters. The fourth-order valence-electron chi connectivity index (χ4n) is 4.58. The van der Waals surface area contributed by atoms with Gasteiger partial charge in [-0.05, 0) is 60.5 Å². The van der Waals surface area contributed by atoms with Crippen LogP contribution in [0, 0.1) is 0 Å². The number of carbonyl (C=O) groups excluding carboxylic acids is 2. The minimum Gasteiger partial charge on any atom is -0.507 e. The molecule has 7 nitrogen and oxygen atoms in total. The van der Waals surface area contributed by atoms with E-state index in [2.05, 4.69) is 0 Å². The van der Waals surface area contributed by atoms with Crippen molar-refractivity contribution in [2.24, 2.45) is 0 Å². The van der Waals surface area contributed by atoms with Crippen molar-refractivity contribution >= 4 is 23.1 Å². The van der Waals surface area contributed by atoms with Crippen molar-refractivity contribution in [3.63, 3.8) is 0 Å². The van der Waals surface area contributed by atoms with Gasteiger partial charge >= 0.3 is 0 Å². The SMILES string of the molecule is COc1ccc(C2/C(=C(/O)c3ccc4c(c3)CC(C)O4)C(=O)C(=O)N2c2ccccc2O)cc1. The first kappa shape index (κ1) is 21.6. The number of nitrogens with zero attached hydrogens (tertiary/aromatic N) is 1. The highest BCUT2D eigenvalue weighted by Crippen LogP contribution is 2.45. The highest BCUT2D eigenvalue weighted by molar-refractivity contribution is 6.51. The summed E-state index contributed by atoms with van der Waals surface area (Å²) in [6, 6.07) is 17.5. The van der Waals surface area contributed by atoms with E-state index in [9.17, 15) is 19.8 Å². The van der Waals surface area contributed by atoms with Crippen LogP contribution in [0.1, 0.15) is 29.7 Å². The average Bonchev–Trinajstić information content (AvgIpc) is 3.34. The van der Waals surface area contributed by atoms with Gasteiger partial charge in [-0.2, -0.15) is 0 Å². The molecule has 2 aliphatic rings. The van der Waals surface area contributed by atoms with E-state index in [-0.39, 0.29) is 28.9 Å². The molecule has 5 rings (SSSR count). The van der Waals surface area contributed by atoms with E-state index in [1.165, 1.54) is 11.0 Å². The summed E-state index contributed by atoms with van der Waals surface area (Å²) in [7, 11) is 1.54. The number of ketones is 1. The van der Waals surface area contributed by atoms with E-state index >= 15 is 0 Å². The van der Waals surface area contributed by atoms with Gasteiger partial charge in [-0.1, -0.05) is 24.3 Å². The van der Waals surface area contributed by atoms with Gasteiger partial charge in [-0.15, -0.1) is 0 Å². The third kappa shape index (κ3) is 3.46. The number of aliphatic hydroxyl groups is 1. The Balaban J connectivity index is 1.69. The van der Waals surface area contributed by atoms with Crippen LogP contribution in [-0.4, -0.2) is 35.1 Å². The number of aliphatic hydroxyl groups excluding tert-OH is 1. The number of anilines is 1. The number of hydrogen-bond donors (Lipinski definition) is 2. The monoisotopic (exact) mass is 457 g/mol. The predicted molar refractivity (Wildman–Crippen MR) is 126 cm³/mol. The zero-order chi connectivity index (χ0) is 24.0. The molecular formula is C27H23NO6. The van der Waals surface area contributed by atoms with E-state index in [4.69, 9.17) is 9.47 Å². The van der Waals surface area contributed by atoms with Crippen molar-refractivity contribution in [2.45, 2.75) is 25.5 Å². The smallest absolute Gasteiger partial charge is 0.300 e. The lowest BCUT2D eigenvalue weighted by Gasteiger charge is -2.26. The number of carbonyl (C=O) groups is 2. The van der Waals surface area contributed by atoms with E-state index in [0.29, 0.717) is 23.3 Å². The minimum atomic E-state index is -0.942.